The van der Waals surface area contributed by atoms with Crippen LogP contribution in [0.15, 0.2) is 135 Å². The van der Waals surface area contributed by atoms with E-state index in [1.807, 2.05) is 0 Å². The highest BCUT2D eigenvalue weighted by molar-refractivity contribution is 7.93. The summed E-state index contributed by atoms with van der Waals surface area (Å²) in [7, 11) is -16.4. The average molecular weight is 811 g/mol. The van der Waals surface area contributed by atoms with E-state index in [0.717, 1.165) is 33.6 Å². The molecule has 0 atom stereocenters. The first kappa shape index (κ1) is 38.2. The first-order valence-electron chi connectivity index (χ1n) is 15.5. The predicted octanol–water partition coefficient (Wildman–Crippen LogP) is 5.41. The summed E-state index contributed by atoms with van der Waals surface area (Å²) in [5.41, 5.74) is 3.92. The molecule has 0 fully saturated rings. The fourth-order valence-electron chi connectivity index (χ4n) is 5.69. The maximum absolute atomic E-state index is 13.6. The fraction of sp³-hybridized carbons (Fsp3) is 0.0571. The second-order valence-corrected chi connectivity index (χ2v) is 18.4. The number of nitrogens with one attached hydrogen (secondary N) is 2. The Labute approximate surface area is 311 Å². The maximum atomic E-state index is 13.6. The molecule has 0 spiro atoms. The minimum atomic E-state index is -4.58. The van der Waals surface area contributed by atoms with Crippen molar-refractivity contribution in [3.05, 3.63) is 121 Å². The lowest BCUT2D eigenvalue weighted by atomic mass is 10.0. The molecular weight excluding hydrogens is 781 g/mol. The first-order valence-corrected chi connectivity index (χ1v) is 21.3. The van der Waals surface area contributed by atoms with Crippen molar-refractivity contribution in [1.29, 1.82) is 0 Å². The molecular formula is C35H30N4O11S4. The summed E-state index contributed by atoms with van der Waals surface area (Å²) in [5.74, 6) is 0. The van der Waals surface area contributed by atoms with E-state index in [1.54, 1.807) is 55.5 Å². The van der Waals surface area contributed by atoms with Crippen LogP contribution in [0.5, 0.6) is 0 Å². The molecule has 6 aromatic carbocycles. The third kappa shape index (κ3) is 7.72. The van der Waals surface area contributed by atoms with Gasteiger partial charge in [0, 0.05) is 7.05 Å². The number of fused-ring (bicyclic) bond motifs is 2. The van der Waals surface area contributed by atoms with Crippen LogP contribution in [0, 0.1) is 6.92 Å². The number of carbonyl (C=O) groups excluding carboxylic acids is 1. The van der Waals surface area contributed by atoms with Crippen LogP contribution in [0.3, 0.4) is 0 Å². The van der Waals surface area contributed by atoms with Gasteiger partial charge in [-0.1, -0.05) is 36.4 Å². The Balaban J connectivity index is 1.28. The Morgan fingerprint density at radius 1 is 0.593 bits per heavy atom. The Kier molecular flexibility index (Phi) is 9.90. The highest BCUT2D eigenvalue weighted by atomic mass is 32.2. The molecule has 4 N–H and O–H groups in total. The van der Waals surface area contributed by atoms with Crippen molar-refractivity contribution in [2.24, 2.45) is 0 Å². The zero-order chi connectivity index (χ0) is 39.2. The number of anilines is 4. The number of aryl methyl sites for hydroxylation is 1. The van der Waals surface area contributed by atoms with E-state index in [2.05, 4.69) is 10.1 Å². The normalized spacial score (nSPS) is 12.4. The fourth-order valence-corrected chi connectivity index (χ4v) is 9.27. The molecule has 1 amide bonds. The SMILES string of the molecule is Cc1c(S(=O)(=O)Nc2cccc(S(=O)(=O)O)c2)ccc2ccc(N(C=O)Nc3ccc4ccc(S(=O)(=O)N(C)c5cccc(S(=O)(=O)O)c5)cc4c3)cc12. The summed E-state index contributed by atoms with van der Waals surface area (Å²) in [6.07, 6.45) is 0.502. The molecule has 0 radical (unpaired) electrons. The molecule has 0 aliphatic rings. The van der Waals surface area contributed by atoms with Crippen LogP contribution >= 0.6 is 0 Å². The summed E-state index contributed by atoms with van der Waals surface area (Å²) in [6, 6.07) is 26.8. The number of sulfonamides is 2. The van der Waals surface area contributed by atoms with E-state index in [-0.39, 0.29) is 21.2 Å². The van der Waals surface area contributed by atoms with Gasteiger partial charge in [-0.05, 0) is 113 Å². The third-order valence-electron chi connectivity index (χ3n) is 8.48. The molecule has 0 unspecified atom stereocenters. The quantitative estimate of drug-likeness (QED) is 0.0692. The van der Waals surface area contributed by atoms with Gasteiger partial charge in [-0.3, -0.25) is 28.4 Å². The van der Waals surface area contributed by atoms with Gasteiger partial charge in [0.05, 0.1) is 42.3 Å². The van der Waals surface area contributed by atoms with E-state index in [0.29, 0.717) is 44.9 Å². The van der Waals surface area contributed by atoms with E-state index in [1.165, 1.54) is 49.5 Å². The molecule has 0 aliphatic carbocycles. The molecule has 6 aromatic rings. The van der Waals surface area contributed by atoms with Gasteiger partial charge < -0.3 is 0 Å². The minimum absolute atomic E-state index is 0.000621. The van der Waals surface area contributed by atoms with Gasteiger partial charge in [-0.15, -0.1) is 0 Å². The van der Waals surface area contributed by atoms with Gasteiger partial charge in [0.1, 0.15) is 0 Å². The second-order valence-electron chi connectivity index (χ2n) is 12.0. The van der Waals surface area contributed by atoms with Gasteiger partial charge >= 0.3 is 0 Å². The van der Waals surface area contributed by atoms with Crippen molar-refractivity contribution < 1.29 is 47.6 Å². The lowest BCUT2D eigenvalue weighted by Crippen LogP contribution is -2.28. The Morgan fingerprint density at radius 2 is 1.22 bits per heavy atom. The summed E-state index contributed by atoms with van der Waals surface area (Å²) in [6.45, 7) is 1.57. The van der Waals surface area contributed by atoms with Crippen LogP contribution in [0.25, 0.3) is 21.5 Å². The number of amides is 1. The van der Waals surface area contributed by atoms with Gasteiger partial charge in [-0.25, -0.2) is 21.8 Å². The van der Waals surface area contributed by atoms with Gasteiger partial charge in [0.15, 0.2) is 0 Å². The number of hydrogen-bond donors (Lipinski definition) is 4. The Bertz CT molecular complexity index is 2940. The van der Waals surface area contributed by atoms with E-state index in [9.17, 15) is 47.6 Å². The van der Waals surface area contributed by atoms with Gasteiger partial charge in [0.25, 0.3) is 40.3 Å². The Morgan fingerprint density at radius 3 is 1.91 bits per heavy atom. The lowest BCUT2D eigenvalue weighted by Gasteiger charge is -2.22. The van der Waals surface area contributed by atoms with Crippen molar-refractivity contribution in [3.8, 4) is 0 Å². The molecule has 54 heavy (non-hydrogen) atoms. The lowest BCUT2D eigenvalue weighted by molar-refractivity contribution is -0.107. The monoisotopic (exact) mass is 810 g/mol. The molecule has 6 rings (SSSR count). The molecule has 19 heteroatoms. The zero-order valence-electron chi connectivity index (χ0n) is 28.1. The van der Waals surface area contributed by atoms with Gasteiger partial charge in [-0.2, -0.15) is 16.8 Å². The van der Waals surface area contributed by atoms with Crippen LogP contribution in [-0.2, 0) is 45.1 Å². The van der Waals surface area contributed by atoms with Crippen LogP contribution in [-0.4, -0.2) is 56.2 Å². The summed E-state index contributed by atoms with van der Waals surface area (Å²) < 4.78 is 122. The standard InChI is InChI=1S/C35H30N4O11S4/c1-23-34-21-30(14-10-25(34)12-16-35(23)51(41,42)37-28-5-3-7-32(19-28)53(45,46)47)39(22-40)36-27-13-9-24-11-15-31(18-26(24)17-27)52(43,44)38(2)29-6-4-8-33(20-29)54(48,49)50/h3-22,36-37H,1-2H3,(H,45,46,47)(H,48,49,50). The van der Waals surface area contributed by atoms with Crippen LogP contribution in [0.4, 0.5) is 22.7 Å². The zero-order valence-corrected chi connectivity index (χ0v) is 31.4. The number of hydrazine groups is 1. The summed E-state index contributed by atoms with van der Waals surface area (Å²) >= 11 is 0. The average Bonchev–Trinajstić information content (AvgIpc) is 3.12. The van der Waals surface area contributed by atoms with Gasteiger partial charge in [0.2, 0.25) is 6.41 Å². The van der Waals surface area contributed by atoms with Crippen LogP contribution < -0.4 is 19.5 Å². The molecule has 0 aliphatic heterocycles. The van der Waals surface area contributed by atoms with E-state index >= 15 is 0 Å². The molecule has 0 heterocycles. The topological polar surface area (TPSA) is 225 Å². The molecule has 0 bridgehead atoms. The van der Waals surface area contributed by atoms with Crippen LogP contribution in [0.1, 0.15) is 5.56 Å². The molecule has 0 saturated heterocycles. The third-order valence-corrected chi connectivity index (χ3v) is 13.5. The van der Waals surface area contributed by atoms with Crippen molar-refractivity contribution in [2.45, 2.75) is 26.5 Å². The van der Waals surface area contributed by atoms with Crippen molar-refractivity contribution >= 4 is 91.0 Å². The predicted molar refractivity (Wildman–Crippen MR) is 204 cm³/mol. The van der Waals surface area contributed by atoms with Crippen LogP contribution in [0.2, 0.25) is 0 Å². The smallest absolute Gasteiger partial charge is 0.292 e. The van der Waals surface area contributed by atoms with Crippen molar-refractivity contribution in [2.75, 3.05) is 26.5 Å². The summed E-state index contributed by atoms with van der Waals surface area (Å²) in [5, 5.41) is 3.43. The minimum Gasteiger partial charge on any atom is -0.292 e. The largest absolute Gasteiger partial charge is 0.294 e. The van der Waals surface area contributed by atoms with Crippen molar-refractivity contribution in [3.63, 3.8) is 0 Å². The molecule has 15 nitrogen and oxygen atoms in total. The highest BCUT2D eigenvalue weighted by Crippen LogP contribution is 2.32. The van der Waals surface area contributed by atoms with Crippen molar-refractivity contribution in [1.82, 2.24) is 0 Å². The summed E-state index contributed by atoms with van der Waals surface area (Å²) in [4.78, 5) is 11.2. The molecule has 0 aromatic heterocycles. The van der Waals surface area contributed by atoms with E-state index < -0.39 is 50.1 Å². The number of carbonyl (C=O) groups is 1. The first-order chi connectivity index (χ1) is 25.3. The highest BCUT2D eigenvalue weighted by Gasteiger charge is 2.24. The molecule has 280 valence electrons. The second kappa shape index (κ2) is 14.0. The van der Waals surface area contributed by atoms with E-state index in [4.69, 9.17) is 0 Å². The molecule has 0 saturated carbocycles. The number of hydrogen-bond acceptors (Lipinski definition) is 10. The maximum Gasteiger partial charge on any atom is 0.294 e. The number of rotatable bonds is 12. The number of benzene rings is 6. The Hall–Kier alpha value is -5.57. The number of nitrogens with zero attached hydrogens (tertiary/aromatic N) is 2.